The van der Waals surface area contributed by atoms with Gasteiger partial charge >= 0.3 is 0 Å². The van der Waals surface area contributed by atoms with Gasteiger partial charge in [-0.3, -0.25) is 0 Å². The van der Waals surface area contributed by atoms with Gasteiger partial charge < -0.3 is 15.4 Å². The third kappa shape index (κ3) is 2.79. The topological polar surface area (TPSA) is 46.3 Å². The highest BCUT2D eigenvalue weighted by atomic mass is 16.1. The number of aldehydes is 1. The Morgan fingerprint density at radius 3 is 2.44 bits per heavy atom. The number of hydrogen-bond acceptors (Lipinski definition) is 3. The summed E-state index contributed by atoms with van der Waals surface area (Å²) in [5.41, 5.74) is 6.44. The standard InChI is InChI=1S/C15H22N2O/c16-9-4-10-17-11-7-15(13-18,8-12-17)14-5-2-1-3-6-14/h1-3,5-6,13H,4,7-12,16H2. The molecule has 0 amide bonds. The minimum Gasteiger partial charge on any atom is -0.330 e. The second kappa shape index (κ2) is 6.12. The van der Waals surface area contributed by atoms with E-state index in [0.29, 0.717) is 0 Å². The van der Waals surface area contributed by atoms with Crippen LogP contribution in [-0.2, 0) is 10.2 Å². The fraction of sp³-hybridized carbons (Fsp3) is 0.533. The van der Waals surface area contributed by atoms with Crippen molar-refractivity contribution in [2.24, 2.45) is 5.73 Å². The Morgan fingerprint density at radius 2 is 1.89 bits per heavy atom. The molecule has 0 spiro atoms. The van der Waals surface area contributed by atoms with E-state index in [0.717, 1.165) is 51.7 Å². The number of hydrogen-bond donors (Lipinski definition) is 1. The lowest BCUT2D eigenvalue weighted by Crippen LogP contribution is -2.44. The summed E-state index contributed by atoms with van der Waals surface area (Å²) in [4.78, 5) is 14.0. The van der Waals surface area contributed by atoms with Crippen molar-refractivity contribution in [2.75, 3.05) is 26.2 Å². The zero-order valence-corrected chi connectivity index (χ0v) is 10.8. The van der Waals surface area contributed by atoms with Crippen molar-refractivity contribution < 1.29 is 4.79 Å². The van der Waals surface area contributed by atoms with Crippen LogP contribution in [0.4, 0.5) is 0 Å². The molecular weight excluding hydrogens is 224 g/mol. The second-order valence-electron chi connectivity index (χ2n) is 5.12. The van der Waals surface area contributed by atoms with Gasteiger partial charge in [-0.2, -0.15) is 0 Å². The maximum atomic E-state index is 11.6. The minimum absolute atomic E-state index is 0.263. The van der Waals surface area contributed by atoms with Crippen LogP contribution in [0, 0.1) is 0 Å². The first kappa shape index (κ1) is 13.2. The van der Waals surface area contributed by atoms with Crippen LogP contribution < -0.4 is 5.73 Å². The average molecular weight is 246 g/mol. The maximum Gasteiger partial charge on any atom is 0.130 e. The summed E-state index contributed by atoms with van der Waals surface area (Å²) >= 11 is 0. The largest absolute Gasteiger partial charge is 0.330 e. The highest BCUT2D eigenvalue weighted by Gasteiger charge is 2.35. The third-order valence-corrected chi connectivity index (χ3v) is 4.00. The van der Waals surface area contributed by atoms with E-state index >= 15 is 0 Å². The van der Waals surface area contributed by atoms with Gasteiger partial charge in [0.2, 0.25) is 0 Å². The predicted molar refractivity (Wildman–Crippen MR) is 73.5 cm³/mol. The molecule has 1 aliphatic heterocycles. The van der Waals surface area contributed by atoms with Crippen molar-refractivity contribution in [3.05, 3.63) is 35.9 Å². The Hall–Kier alpha value is -1.19. The SMILES string of the molecule is NCCCN1CCC(C=O)(c2ccccc2)CC1. The van der Waals surface area contributed by atoms with Crippen molar-refractivity contribution in [3.8, 4) is 0 Å². The molecule has 0 aliphatic carbocycles. The molecule has 1 heterocycles. The van der Waals surface area contributed by atoms with Crippen molar-refractivity contribution in [2.45, 2.75) is 24.7 Å². The Bertz CT molecular complexity index is 369. The second-order valence-corrected chi connectivity index (χ2v) is 5.12. The van der Waals surface area contributed by atoms with Crippen LogP contribution >= 0.6 is 0 Å². The summed E-state index contributed by atoms with van der Waals surface area (Å²) in [7, 11) is 0. The number of likely N-dealkylation sites (tertiary alicyclic amines) is 1. The highest BCUT2D eigenvalue weighted by molar-refractivity contribution is 5.68. The summed E-state index contributed by atoms with van der Waals surface area (Å²) < 4.78 is 0. The van der Waals surface area contributed by atoms with Crippen molar-refractivity contribution in [1.29, 1.82) is 0 Å². The molecule has 3 heteroatoms. The third-order valence-electron chi connectivity index (χ3n) is 4.00. The lowest BCUT2D eigenvalue weighted by Gasteiger charge is -2.38. The van der Waals surface area contributed by atoms with Gasteiger partial charge in [0.15, 0.2) is 0 Å². The van der Waals surface area contributed by atoms with Gasteiger partial charge in [0.25, 0.3) is 0 Å². The molecule has 0 saturated carbocycles. The molecule has 0 radical (unpaired) electrons. The van der Waals surface area contributed by atoms with E-state index in [4.69, 9.17) is 5.73 Å². The summed E-state index contributed by atoms with van der Waals surface area (Å²) in [5.74, 6) is 0. The molecule has 2 rings (SSSR count). The number of rotatable bonds is 5. The van der Waals surface area contributed by atoms with Gasteiger partial charge in [-0.25, -0.2) is 0 Å². The average Bonchev–Trinajstić information content (AvgIpc) is 2.46. The van der Waals surface area contributed by atoms with Crippen LogP contribution in [0.5, 0.6) is 0 Å². The van der Waals surface area contributed by atoms with Crippen LogP contribution in [-0.4, -0.2) is 37.4 Å². The zero-order valence-electron chi connectivity index (χ0n) is 10.8. The number of carbonyl (C=O) groups excluding carboxylic acids is 1. The Labute approximate surface area is 109 Å². The number of benzene rings is 1. The van der Waals surface area contributed by atoms with Gasteiger partial charge in [-0.05, 0) is 51.0 Å². The molecular formula is C15H22N2O. The molecule has 0 unspecified atom stereocenters. The van der Waals surface area contributed by atoms with E-state index in [1.54, 1.807) is 0 Å². The van der Waals surface area contributed by atoms with Gasteiger partial charge in [-0.1, -0.05) is 30.3 Å². The number of nitrogens with zero attached hydrogens (tertiary/aromatic N) is 1. The lowest BCUT2D eigenvalue weighted by atomic mass is 9.74. The molecule has 1 fully saturated rings. The van der Waals surface area contributed by atoms with Crippen molar-refractivity contribution >= 4 is 6.29 Å². The van der Waals surface area contributed by atoms with Crippen LogP contribution in [0.3, 0.4) is 0 Å². The molecule has 0 bridgehead atoms. The summed E-state index contributed by atoms with van der Waals surface area (Å²) in [6.07, 6.45) is 4.04. The number of carbonyl (C=O) groups is 1. The van der Waals surface area contributed by atoms with Gasteiger partial charge in [0.05, 0.1) is 5.41 Å². The van der Waals surface area contributed by atoms with E-state index in [2.05, 4.69) is 17.0 Å². The van der Waals surface area contributed by atoms with E-state index < -0.39 is 0 Å². The molecule has 18 heavy (non-hydrogen) atoms. The predicted octanol–water partition coefficient (Wildman–Crippen LogP) is 1.57. The fourth-order valence-electron chi connectivity index (χ4n) is 2.74. The quantitative estimate of drug-likeness (QED) is 0.802. The minimum atomic E-state index is -0.263. The smallest absolute Gasteiger partial charge is 0.130 e. The molecule has 0 aromatic heterocycles. The lowest BCUT2D eigenvalue weighted by molar-refractivity contribution is -0.114. The Morgan fingerprint density at radius 1 is 1.22 bits per heavy atom. The zero-order chi connectivity index (χ0) is 12.8. The first-order valence-electron chi connectivity index (χ1n) is 6.75. The Balaban J connectivity index is 2.02. The van der Waals surface area contributed by atoms with Crippen LogP contribution in [0.15, 0.2) is 30.3 Å². The van der Waals surface area contributed by atoms with E-state index in [-0.39, 0.29) is 5.41 Å². The van der Waals surface area contributed by atoms with Crippen LogP contribution in [0.25, 0.3) is 0 Å². The normalized spacial score (nSPS) is 19.6. The van der Waals surface area contributed by atoms with E-state index in [9.17, 15) is 4.79 Å². The summed E-state index contributed by atoms with van der Waals surface area (Å²) in [6.45, 7) is 3.79. The molecule has 1 aromatic carbocycles. The van der Waals surface area contributed by atoms with Crippen LogP contribution in [0.1, 0.15) is 24.8 Å². The summed E-state index contributed by atoms with van der Waals surface area (Å²) in [5, 5.41) is 0. The maximum absolute atomic E-state index is 11.6. The fourth-order valence-corrected chi connectivity index (χ4v) is 2.74. The first-order chi connectivity index (χ1) is 8.80. The van der Waals surface area contributed by atoms with E-state index in [1.165, 1.54) is 5.56 Å². The van der Waals surface area contributed by atoms with Crippen molar-refractivity contribution in [3.63, 3.8) is 0 Å². The van der Waals surface area contributed by atoms with Crippen LogP contribution in [0.2, 0.25) is 0 Å². The van der Waals surface area contributed by atoms with Gasteiger partial charge in [0.1, 0.15) is 6.29 Å². The molecule has 0 atom stereocenters. The molecule has 1 aromatic rings. The molecule has 3 nitrogen and oxygen atoms in total. The number of piperidine rings is 1. The highest BCUT2D eigenvalue weighted by Crippen LogP contribution is 2.33. The van der Waals surface area contributed by atoms with Gasteiger partial charge in [0, 0.05) is 0 Å². The van der Waals surface area contributed by atoms with Gasteiger partial charge in [-0.15, -0.1) is 0 Å². The summed E-state index contributed by atoms with van der Waals surface area (Å²) in [6, 6.07) is 10.2. The molecule has 2 N–H and O–H groups in total. The number of nitrogens with two attached hydrogens (primary N) is 1. The molecule has 1 aliphatic rings. The molecule has 1 saturated heterocycles. The van der Waals surface area contributed by atoms with E-state index in [1.807, 2.05) is 18.2 Å². The Kier molecular flexibility index (Phi) is 4.50. The first-order valence-corrected chi connectivity index (χ1v) is 6.75. The van der Waals surface area contributed by atoms with Crippen molar-refractivity contribution in [1.82, 2.24) is 4.90 Å². The monoisotopic (exact) mass is 246 g/mol. The molecule has 98 valence electrons.